The summed E-state index contributed by atoms with van der Waals surface area (Å²) < 4.78 is 0. The summed E-state index contributed by atoms with van der Waals surface area (Å²) in [4.78, 5) is 31.6. The van der Waals surface area contributed by atoms with Crippen molar-refractivity contribution >= 4 is 24.4 Å². The number of carbonyl (C=O) groups excluding carboxylic acids is 2. The van der Waals surface area contributed by atoms with Crippen LogP contribution in [0.15, 0.2) is 60.7 Å². The molecule has 1 atom stereocenters. The van der Waals surface area contributed by atoms with Gasteiger partial charge in [-0.15, -0.1) is 5.48 Å². The molecule has 2 aromatic carbocycles. The SMILES string of the molecule is C.CCCC(=O)[C@H](CS)NOC(=O)CCN1CCC(C(c2ccccc2)c2ccccc2)CC1. The van der Waals surface area contributed by atoms with Crippen LogP contribution in [-0.4, -0.2) is 48.1 Å². The lowest BCUT2D eigenvalue weighted by Gasteiger charge is -2.36. The van der Waals surface area contributed by atoms with Crippen molar-refractivity contribution in [3.05, 3.63) is 71.8 Å². The van der Waals surface area contributed by atoms with Crippen molar-refractivity contribution in [1.29, 1.82) is 0 Å². The molecule has 1 aliphatic heterocycles. The predicted octanol–water partition coefficient (Wildman–Crippen LogP) is 5.27. The van der Waals surface area contributed by atoms with E-state index in [9.17, 15) is 9.59 Å². The first-order chi connectivity index (χ1) is 16.1. The molecule has 186 valence electrons. The standard InChI is InChI=1S/C27H36N2O3S.CH4/c1-2-9-25(30)24(20-33)28-32-26(31)16-19-29-17-14-23(15-18-29)27(21-10-5-3-6-11-21)22-12-7-4-8-13-22;/h3-8,10-13,23-24,27-28,33H,2,9,14-20H2,1H3;1H4/t24-;/m0./s1. The lowest BCUT2D eigenvalue weighted by atomic mass is 9.76. The number of ketones is 1. The first-order valence-corrected chi connectivity index (χ1v) is 12.7. The van der Waals surface area contributed by atoms with Crippen LogP contribution in [0.2, 0.25) is 0 Å². The van der Waals surface area contributed by atoms with Gasteiger partial charge in [-0.05, 0) is 49.4 Å². The van der Waals surface area contributed by atoms with E-state index in [0.717, 1.165) is 32.4 Å². The molecule has 0 bridgehead atoms. The van der Waals surface area contributed by atoms with Gasteiger partial charge in [-0.3, -0.25) is 9.59 Å². The van der Waals surface area contributed by atoms with Gasteiger partial charge in [0.15, 0.2) is 5.78 Å². The van der Waals surface area contributed by atoms with Crippen molar-refractivity contribution < 1.29 is 14.4 Å². The molecule has 0 spiro atoms. The maximum atomic E-state index is 12.2. The van der Waals surface area contributed by atoms with Crippen LogP contribution >= 0.6 is 12.6 Å². The number of thiol groups is 1. The molecule has 1 saturated heterocycles. The number of nitrogens with one attached hydrogen (secondary N) is 1. The van der Waals surface area contributed by atoms with E-state index in [1.54, 1.807) is 0 Å². The second kappa shape index (κ2) is 15.0. The van der Waals surface area contributed by atoms with E-state index in [0.29, 0.717) is 37.0 Å². The van der Waals surface area contributed by atoms with Crippen molar-refractivity contribution in [1.82, 2.24) is 10.4 Å². The van der Waals surface area contributed by atoms with Crippen LogP contribution in [0.25, 0.3) is 0 Å². The van der Waals surface area contributed by atoms with Crippen molar-refractivity contribution in [3.63, 3.8) is 0 Å². The Labute approximate surface area is 210 Å². The fourth-order valence-corrected chi connectivity index (χ4v) is 4.91. The van der Waals surface area contributed by atoms with E-state index in [-0.39, 0.29) is 19.2 Å². The molecule has 1 aliphatic rings. The highest BCUT2D eigenvalue weighted by molar-refractivity contribution is 7.80. The minimum atomic E-state index is -0.541. The molecule has 5 nitrogen and oxygen atoms in total. The third-order valence-electron chi connectivity index (χ3n) is 6.44. The van der Waals surface area contributed by atoms with E-state index in [4.69, 9.17) is 4.84 Å². The summed E-state index contributed by atoms with van der Waals surface area (Å²) in [6.45, 7) is 4.55. The summed E-state index contributed by atoms with van der Waals surface area (Å²) in [5.41, 5.74) is 5.34. The lowest BCUT2D eigenvalue weighted by Crippen LogP contribution is -2.41. The third-order valence-corrected chi connectivity index (χ3v) is 6.80. The van der Waals surface area contributed by atoms with E-state index in [1.807, 2.05) is 6.92 Å². The summed E-state index contributed by atoms with van der Waals surface area (Å²) in [5.74, 6) is 0.959. The summed E-state index contributed by atoms with van der Waals surface area (Å²) in [6.07, 6.45) is 3.71. The number of hydrogen-bond donors (Lipinski definition) is 2. The maximum Gasteiger partial charge on any atom is 0.326 e. The molecule has 3 rings (SSSR count). The quantitative estimate of drug-likeness (QED) is 0.317. The van der Waals surface area contributed by atoms with Gasteiger partial charge in [0, 0.05) is 24.6 Å². The Morgan fingerprint density at radius 3 is 2.06 bits per heavy atom. The van der Waals surface area contributed by atoms with Gasteiger partial charge in [0.1, 0.15) is 6.04 Å². The number of Topliss-reactive ketones (excluding diaryl/α,β-unsaturated/α-hetero) is 1. The van der Waals surface area contributed by atoms with Gasteiger partial charge < -0.3 is 9.74 Å². The highest BCUT2D eigenvalue weighted by Gasteiger charge is 2.29. The van der Waals surface area contributed by atoms with Crippen LogP contribution in [0.4, 0.5) is 0 Å². The summed E-state index contributed by atoms with van der Waals surface area (Å²) in [6, 6.07) is 21.0. The van der Waals surface area contributed by atoms with E-state index in [2.05, 4.69) is 83.7 Å². The highest BCUT2D eigenvalue weighted by atomic mass is 32.1. The second-order valence-electron chi connectivity index (χ2n) is 8.77. The number of likely N-dealkylation sites (tertiary alicyclic amines) is 1. The minimum absolute atomic E-state index is 0. The highest BCUT2D eigenvalue weighted by Crippen LogP contribution is 2.37. The third kappa shape index (κ3) is 8.26. The Balaban J connectivity index is 0.00000408. The Morgan fingerprint density at radius 1 is 1.00 bits per heavy atom. The molecule has 1 fully saturated rings. The van der Waals surface area contributed by atoms with Crippen LogP contribution < -0.4 is 5.48 Å². The number of hydroxylamine groups is 1. The van der Waals surface area contributed by atoms with Gasteiger partial charge >= 0.3 is 5.97 Å². The number of piperidine rings is 1. The number of carbonyl (C=O) groups is 2. The lowest BCUT2D eigenvalue weighted by molar-refractivity contribution is -0.154. The zero-order chi connectivity index (χ0) is 23.5. The van der Waals surface area contributed by atoms with Crippen LogP contribution in [0.5, 0.6) is 0 Å². The Kier molecular flexibility index (Phi) is 12.4. The van der Waals surface area contributed by atoms with Crippen molar-refractivity contribution in [2.45, 2.75) is 58.4 Å². The molecule has 2 aromatic rings. The summed E-state index contributed by atoms with van der Waals surface area (Å²) >= 11 is 4.18. The van der Waals surface area contributed by atoms with E-state index in [1.165, 1.54) is 11.1 Å². The Morgan fingerprint density at radius 2 is 1.56 bits per heavy atom. The molecule has 1 N–H and O–H groups in total. The number of rotatable bonds is 12. The predicted molar refractivity (Wildman–Crippen MR) is 142 cm³/mol. The van der Waals surface area contributed by atoms with Crippen LogP contribution in [0, 0.1) is 5.92 Å². The molecule has 0 aliphatic carbocycles. The van der Waals surface area contributed by atoms with Crippen LogP contribution in [0.1, 0.15) is 63.5 Å². The van der Waals surface area contributed by atoms with Gasteiger partial charge in [0.05, 0.1) is 6.42 Å². The normalized spacial score (nSPS) is 15.5. The largest absolute Gasteiger partial charge is 0.370 e. The van der Waals surface area contributed by atoms with Crippen molar-refractivity contribution in [3.8, 4) is 0 Å². The molecule has 0 amide bonds. The van der Waals surface area contributed by atoms with Crippen LogP contribution in [-0.2, 0) is 14.4 Å². The summed E-state index contributed by atoms with van der Waals surface area (Å²) in [7, 11) is 0. The molecule has 1 heterocycles. The molecule has 0 radical (unpaired) electrons. The first-order valence-electron chi connectivity index (χ1n) is 12.0. The average Bonchev–Trinajstić information content (AvgIpc) is 2.85. The number of nitrogens with zero attached hydrogens (tertiary/aromatic N) is 1. The number of benzene rings is 2. The smallest absolute Gasteiger partial charge is 0.326 e. The Hall–Kier alpha value is -2.15. The van der Waals surface area contributed by atoms with Crippen LogP contribution in [0.3, 0.4) is 0 Å². The monoisotopic (exact) mass is 484 g/mol. The van der Waals surface area contributed by atoms with E-state index < -0.39 is 6.04 Å². The average molecular weight is 485 g/mol. The molecule has 6 heteroatoms. The zero-order valence-corrected chi connectivity index (χ0v) is 20.4. The summed E-state index contributed by atoms with van der Waals surface area (Å²) in [5, 5.41) is 0. The fraction of sp³-hybridized carbons (Fsp3) is 0.500. The molecule has 0 aromatic heterocycles. The zero-order valence-electron chi connectivity index (χ0n) is 19.5. The van der Waals surface area contributed by atoms with Gasteiger partial charge in [0.2, 0.25) is 0 Å². The fourth-order valence-electron chi connectivity index (χ4n) is 4.63. The maximum absolute atomic E-state index is 12.2. The van der Waals surface area contributed by atoms with Crippen molar-refractivity contribution in [2.24, 2.45) is 5.92 Å². The second-order valence-corrected chi connectivity index (χ2v) is 9.14. The van der Waals surface area contributed by atoms with Gasteiger partial charge in [-0.2, -0.15) is 12.6 Å². The molecule has 0 saturated carbocycles. The molecular formula is C28H40N2O3S. The molecule has 0 unspecified atom stereocenters. The Bertz CT molecular complexity index is 815. The van der Waals surface area contributed by atoms with E-state index >= 15 is 0 Å². The van der Waals surface area contributed by atoms with Gasteiger partial charge in [0.25, 0.3) is 0 Å². The molecular weight excluding hydrogens is 444 g/mol. The van der Waals surface area contributed by atoms with Gasteiger partial charge in [-0.1, -0.05) is 75.0 Å². The minimum Gasteiger partial charge on any atom is -0.370 e. The first kappa shape index (κ1) is 28.1. The van der Waals surface area contributed by atoms with Crippen molar-refractivity contribution in [2.75, 3.05) is 25.4 Å². The number of hydrogen-bond acceptors (Lipinski definition) is 6. The topological polar surface area (TPSA) is 58.6 Å². The molecule has 34 heavy (non-hydrogen) atoms. The van der Waals surface area contributed by atoms with Gasteiger partial charge in [-0.25, -0.2) is 0 Å².